The maximum absolute atomic E-state index is 6.15. The standard InChI is InChI=1S/C19H19N3/c20-17-7-4-12-22-13-18(21-19(17)22)16-10-8-15(9-11-16)14-5-2-1-3-6-14/h1-3,5-6,8-11,13,17H,4,7,12,20H2. The number of aromatic nitrogens is 2. The van der Waals surface area contributed by atoms with Crippen LogP contribution in [0.4, 0.5) is 0 Å². The van der Waals surface area contributed by atoms with E-state index in [0.29, 0.717) is 0 Å². The van der Waals surface area contributed by atoms with E-state index in [0.717, 1.165) is 36.5 Å². The lowest BCUT2D eigenvalue weighted by molar-refractivity contribution is 0.451. The van der Waals surface area contributed by atoms with E-state index in [1.165, 1.54) is 11.1 Å². The number of fused-ring (bicyclic) bond motifs is 1. The highest BCUT2D eigenvalue weighted by Gasteiger charge is 2.19. The van der Waals surface area contributed by atoms with Gasteiger partial charge in [0.25, 0.3) is 0 Å². The number of nitrogens with zero attached hydrogens (tertiary/aromatic N) is 2. The molecule has 4 rings (SSSR count). The molecule has 1 unspecified atom stereocenters. The van der Waals surface area contributed by atoms with Crippen molar-refractivity contribution in [1.29, 1.82) is 0 Å². The van der Waals surface area contributed by atoms with Gasteiger partial charge in [0, 0.05) is 18.3 Å². The number of hydrogen-bond acceptors (Lipinski definition) is 2. The van der Waals surface area contributed by atoms with E-state index in [1.807, 2.05) is 6.07 Å². The summed E-state index contributed by atoms with van der Waals surface area (Å²) < 4.78 is 2.20. The highest BCUT2D eigenvalue weighted by atomic mass is 15.1. The van der Waals surface area contributed by atoms with E-state index < -0.39 is 0 Å². The molecule has 0 radical (unpaired) electrons. The maximum atomic E-state index is 6.15. The molecule has 0 saturated heterocycles. The summed E-state index contributed by atoms with van der Waals surface area (Å²) >= 11 is 0. The fourth-order valence-corrected chi connectivity index (χ4v) is 3.12. The highest BCUT2D eigenvalue weighted by Crippen LogP contribution is 2.28. The van der Waals surface area contributed by atoms with Gasteiger partial charge in [-0.05, 0) is 24.0 Å². The fourth-order valence-electron chi connectivity index (χ4n) is 3.12. The second-order valence-electron chi connectivity index (χ2n) is 5.87. The molecule has 22 heavy (non-hydrogen) atoms. The minimum Gasteiger partial charge on any atom is -0.333 e. The summed E-state index contributed by atoms with van der Waals surface area (Å²) in [6.45, 7) is 1.03. The molecule has 2 heterocycles. The van der Waals surface area contributed by atoms with Crippen molar-refractivity contribution in [2.24, 2.45) is 5.73 Å². The van der Waals surface area contributed by atoms with E-state index >= 15 is 0 Å². The second-order valence-corrected chi connectivity index (χ2v) is 5.87. The third-order valence-corrected chi connectivity index (χ3v) is 4.34. The van der Waals surface area contributed by atoms with Crippen molar-refractivity contribution < 1.29 is 0 Å². The van der Waals surface area contributed by atoms with Gasteiger partial charge in [-0.25, -0.2) is 4.98 Å². The first-order valence-electron chi connectivity index (χ1n) is 7.80. The first-order valence-corrected chi connectivity index (χ1v) is 7.80. The minimum atomic E-state index is 0.0751. The molecular weight excluding hydrogens is 270 g/mol. The Morgan fingerprint density at radius 2 is 1.59 bits per heavy atom. The molecule has 1 aliphatic heterocycles. The first-order chi connectivity index (χ1) is 10.8. The molecule has 1 aromatic heterocycles. The molecule has 0 amide bonds. The van der Waals surface area contributed by atoms with Crippen molar-refractivity contribution in [2.45, 2.75) is 25.4 Å². The minimum absolute atomic E-state index is 0.0751. The molecule has 1 aliphatic rings. The van der Waals surface area contributed by atoms with Gasteiger partial charge in [-0.15, -0.1) is 0 Å². The van der Waals surface area contributed by atoms with Crippen molar-refractivity contribution >= 4 is 0 Å². The Hall–Kier alpha value is -2.39. The fraction of sp³-hybridized carbons (Fsp3) is 0.211. The lowest BCUT2D eigenvalue weighted by Crippen LogP contribution is -2.21. The van der Waals surface area contributed by atoms with Crippen molar-refractivity contribution in [1.82, 2.24) is 9.55 Å². The van der Waals surface area contributed by atoms with Gasteiger partial charge >= 0.3 is 0 Å². The third kappa shape index (κ3) is 2.34. The number of rotatable bonds is 2. The zero-order valence-electron chi connectivity index (χ0n) is 12.4. The van der Waals surface area contributed by atoms with Gasteiger partial charge in [0.1, 0.15) is 5.82 Å². The molecule has 3 aromatic rings. The Balaban J connectivity index is 1.67. The molecule has 0 bridgehead atoms. The molecule has 0 spiro atoms. The predicted molar refractivity (Wildman–Crippen MR) is 89.3 cm³/mol. The van der Waals surface area contributed by atoms with Gasteiger partial charge in [0.05, 0.1) is 11.7 Å². The topological polar surface area (TPSA) is 43.8 Å². The summed E-state index contributed by atoms with van der Waals surface area (Å²) in [6.07, 6.45) is 4.30. The number of benzene rings is 2. The molecule has 1 atom stereocenters. The Morgan fingerprint density at radius 1 is 0.909 bits per heavy atom. The summed E-state index contributed by atoms with van der Waals surface area (Å²) in [4.78, 5) is 4.74. The van der Waals surface area contributed by atoms with Gasteiger partial charge in [0.2, 0.25) is 0 Å². The largest absolute Gasteiger partial charge is 0.333 e. The smallest absolute Gasteiger partial charge is 0.126 e. The summed E-state index contributed by atoms with van der Waals surface area (Å²) in [5, 5.41) is 0. The lowest BCUT2D eigenvalue weighted by Gasteiger charge is -2.19. The molecule has 3 heteroatoms. The van der Waals surface area contributed by atoms with Gasteiger partial charge in [-0.3, -0.25) is 0 Å². The Morgan fingerprint density at radius 3 is 2.32 bits per heavy atom. The molecule has 0 fully saturated rings. The molecule has 110 valence electrons. The molecule has 2 aromatic carbocycles. The summed E-state index contributed by atoms with van der Waals surface area (Å²) in [6, 6.07) is 19.1. The average molecular weight is 289 g/mol. The number of hydrogen-bond donors (Lipinski definition) is 1. The molecule has 3 nitrogen and oxygen atoms in total. The van der Waals surface area contributed by atoms with Crippen molar-refractivity contribution in [3.8, 4) is 22.4 Å². The van der Waals surface area contributed by atoms with Crippen LogP contribution in [0.2, 0.25) is 0 Å². The van der Waals surface area contributed by atoms with Crippen molar-refractivity contribution in [2.75, 3.05) is 0 Å². The van der Waals surface area contributed by atoms with E-state index in [4.69, 9.17) is 10.7 Å². The zero-order chi connectivity index (χ0) is 14.9. The van der Waals surface area contributed by atoms with E-state index in [1.54, 1.807) is 0 Å². The van der Waals surface area contributed by atoms with Crippen LogP contribution in [0.25, 0.3) is 22.4 Å². The van der Waals surface area contributed by atoms with Crippen LogP contribution in [-0.4, -0.2) is 9.55 Å². The van der Waals surface area contributed by atoms with Crippen LogP contribution in [0.3, 0.4) is 0 Å². The quantitative estimate of drug-likeness (QED) is 0.774. The Labute approximate surface area is 130 Å². The van der Waals surface area contributed by atoms with Crippen LogP contribution < -0.4 is 5.73 Å². The van der Waals surface area contributed by atoms with Gasteiger partial charge in [-0.1, -0.05) is 54.6 Å². The van der Waals surface area contributed by atoms with E-state index in [-0.39, 0.29) is 6.04 Å². The van der Waals surface area contributed by atoms with Crippen molar-refractivity contribution in [3.63, 3.8) is 0 Å². The van der Waals surface area contributed by atoms with Crippen LogP contribution in [0, 0.1) is 0 Å². The maximum Gasteiger partial charge on any atom is 0.126 e. The number of imidazole rings is 1. The van der Waals surface area contributed by atoms with Gasteiger partial charge in [0.15, 0.2) is 0 Å². The zero-order valence-corrected chi connectivity index (χ0v) is 12.4. The van der Waals surface area contributed by atoms with Gasteiger partial charge < -0.3 is 10.3 Å². The summed E-state index contributed by atoms with van der Waals surface area (Å²) in [5.74, 6) is 1.02. The highest BCUT2D eigenvalue weighted by molar-refractivity contribution is 5.68. The van der Waals surface area contributed by atoms with Crippen LogP contribution in [0.5, 0.6) is 0 Å². The second kappa shape index (κ2) is 5.43. The van der Waals surface area contributed by atoms with Crippen LogP contribution in [0.15, 0.2) is 60.8 Å². The molecular formula is C19H19N3. The van der Waals surface area contributed by atoms with Crippen LogP contribution >= 0.6 is 0 Å². The number of aryl methyl sites for hydroxylation is 1. The first kappa shape index (κ1) is 13.3. The molecule has 0 aliphatic carbocycles. The summed E-state index contributed by atoms with van der Waals surface area (Å²) in [5.41, 5.74) is 10.8. The SMILES string of the molecule is NC1CCCn2cc(-c3ccc(-c4ccccc4)cc3)nc21. The lowest BCUT2D eigenvalue weighted by atomic mass is 10.0. The average Bonchev–Trinajstić information content (AvgIpc) is 3.02. The normalized spacial score (nSPS) is 17.2. The monoisotopic (exact) mass is 289 g/mol. The Bertz CT molecular complexity index is 772. The van der Waals surface area contributed by atoms with Crippen molar-refractivity contribution in [3.05, 3.63) is 66.6 Å². The Kier molecular flexibility index (Phi) is 3.28. The van der Waals surface area contributed by atoms with E-state index in [9.17, 15) is 0 Å². The van der Waals surface area contributed by atoms with E-state index in [2.05, 4.69) is 59.3 Å². The molecule has 0 saturated carbocycles. The predicted octanol–water partition coefficient (Wildman–Crippen LogP) is 4.01. The van der Waals surface area contributed by atoms with Crippen LogP contribution in [-0.2, 0) is 6.54 Å². The summed E-state index contributed by atoms with van der Waals surface area (Å²) in [7, 11) is 0. The molecule has 2 N–H and O–H groups in total. The number of nitrogens with two attached hydrogens (primary N) is 1. The third-order valence-electron chi connectivity index (χ3n) is 4.34. The van der Waals surface area contributed by atoms with Crippen LogP contribution in [0.1, 0.15) is 24.7 Å². The van der Waals surface area contributed by atoms with Gasteiger partial charge in [-0.2, -0.15) is 0 Å².